The highest BCUT2D eigenvalue weighted by molar-refractivity contribution is 5.95. The lowest BCUT2D eigenvalue weighted by atomic mass is 10.1. The monoisotopic (exact) mass is 394 g/mol. The number of halogens is 2. The molecule has 1 aliphatic heterocycles. The van der Waals surface area contributed by atoms with E-state index in [0.29, 0.717) is 31.3 Å². The minimum atomic E-state index is -0.569. The number of nitrogens with one attached hydrogen (secondary N) is 1. The second-order valence-electron chi connectivity index (χ2n) is 6.29. The molecule has 0 aromatic heterocycles. The molecule has 3 rings (SSSR count). The highest BCUT2D eigenvalue weighted by Gasteiger charge is 2.19. The predicted octanol–water partition coefficient (Wildman–Crippen LogP) is 3.45. The first kappa shape index (κ1) is 21.2. The van der Waals surface area contributed by atoms with Gasteiger partial charge in [-0.25, -0.2) is 4.39 Å². The number of hydrogen-bond acceptors (Lipinski definition) is 4. The molecule has 1 saturated heterocycles. The van der Waals surface area contributed by atoms with Crippen molar-refractivity contribution in [1.82, 2.24) is 5.32 Å². The molecule has 7 heteroatoms. The first-order valence-electron chi connectivity index (χ1n) is 8.81. The van der Waals surface area contributed by atoms with Crippen molar-refractivity contribution in [2.75, 3.05) is 19.8 Å². The summed E-state index contributed by atoms with van der Waals surface area (Å²) in [6.45, 7) is 1.80. The minimum Gasteiger partial charge on any atom is -0.457 e. The lowest BCUT2D eigenvalue weighted by Crippen LogP contribution is -2.39. The zero-order valence-corrected chi connectivity index (χ0v) is 15.8. The molecule has 1 fully saturated rings. The van der Waals surface area contributed by atoms with E-state index in [1.54, 1.807) is 0 Å². The van der Waals surface area contributed by atoms with Crippen LogP contribution in [0.2, 0.25) is 0 Å². The highest BCUT2D eigenvalue weighted by Crippen LogP contribution is 2.24. The van der Waals surface area contributed by atoms with Gasteiger partial charge in [-0.3, -0.25) is 4.79 Å². The van der Waals surface area contributed by atoms with Crippen LogP contribution in [0.4, 0.5) is 4.39 Å². The molecule has 0 unspecified atom stereocenters. The standard InChI is InChI=1S/C20H23FN2O3.ClH/c21-19-6-5-17(26-16-3-1-14(2-4-16)7-10-22)13-18(19)20(24)23-15-8-11-25-12-9-15;/h1-6,13,15H,7-12,22H2,(H,23,24);1H. The molecule has 1 heterocycles. The van der Waals surface area contributed by atoms with Crippen LogP contribution in [0.1, 0.15) is 28.8 Å². The van der Waals surface area contributed by atoms with Gasteiger partial charge in [-0.05, 0) is 61.7 Å². The van der Waals surface area contributed by atoms with Gasteiger partial charge in [0.05, 0.1) is 5.56 Å². The minimum absolute atomic E-state index is 0. The molecular weight excluding hydrogens is 371 g/mol. The maximum Gasteiger partial charge on any atom is 0.254 e. The van der Waals surface area contributed by atoms with Gasteiger partial charge in [0.2, 0.25) is 0 Å². The quantitative estimate of drug-likeness (QED) is 0.787. The van der Waals surface area contributed by atoms with Crippen molar-refractivity contribution >= 4 is 18.3 Å². The maximum atomic E-state index is 14.1. The van der Waals surface area contributed by atoms with Gasteiger partial charge in [-0.2, -0.15) is 0 Å². The smallest absolute Gasteiger partial charge is 0.254 e. The summed E-state index contributed by atoms with van der Waals surface area (Å²) in [4.78, 5) is 12.4. The SMILES string of the molecule is Cl.NCCc1ccc(Oc2ccc(F)c(C(=O)NC3CCOCC3)c2)cc1. The fraction of sp³-hybridized carbons (Fsp3) is 0.350. The molecule has 146 valence electrons. The summed E-state index contributed by atoms with van der Waals surface area (Å²) in [6, 6.07) is 11.7. The molecule has 2 aromatic rings. The molecule has 0 saturated carbocycles. The third-order valence-corrected chi connectivity index (χ3v) is 4.33. The molecule has 1 amide bonds. The fourth-order valence-corrected chi connectivity index (χ4v) is 2.87. The topological polar surface area (TPSA) is 73.6 Å². The third-order valence-electron chi connectivity index (χ3n) is 4.33. The number of nitrogens with two attached hydrogens (primary N) is 1. The zero-order valence-electron chi connectivity index (χ0n) is 14.9. The van der Waals surface area contributed by atoms with E-state index in [1.165, 1.54) is 18.2 Å². The van der Waals surface area contributed by atoms with E-state index in [1.807, 2.05) is 24.3 Å². The first-order valence-corrected chi connectivity index (χ1v) is 8.81. The summed E-state index contributed by atoms with van der Waals surface area (Å²) in [7, 11) is 0. The molecule has 0 bridgehead atoms. The average molecular weight is 395 g/mol. The van der Waals surface area contributed by atoms with E-state index in [9.17, 15) is 9.18 Å². The van der Waals surface area contributed by atoms with Gasteiger partial charge in [0.1, 0.15) is 17.3 Å². The number of amides is 1. The Kier molecular flexibility index (Phi) is 8.03. The molecular formula is C20H24ClFN2O3. The predicted molar refractivity (Wildman–Crippen MR) is 104 cm³/mol. The third kappa shape index (κ3) is 5.92. The van der Waals surface area contributed by atoms with Crippen LogP contribution in [0.25, 0.3) is 0 Å². The van der Waals surface area contributed by atoms with Gasteiger partial charge in [0.25, 0.3) is 5.91 Å². The normalized spacial score (nSPS) is 14.3. The van der Waals surface area contributed by atoms with E-state index >= 15 is 0 Å². The van der Waals surface area contributed by atoms with Gasteiger partial charge in [0.15, 0.2) is 0 Å². The van der Waals surface area contributed by atoms with Crippen LogP contribution in [0.3, 0.4) is 0 Å². The van der Waals surface area contributed by atoms with Gasteiger partial charge < -0.3 is 20.5 Å². The van der Waals surface area contributed by atoms with Crippen molar-refractivity contribution in [3.05, 3.63) is 59.4 Å². The van der Waals surface area contributed by atoms with E-state index in [0.717, 1.165) is 24.8 Å². The highest BCUT2D eigenvalue weighted by atomic mass is 35.5. The van der Waals surface area contributed by atoms with E-state index in [4.69, 9.17) is 15.2 Å². The van der Waals surface area contributed by atoms with Gasteiger partial charge in [-0.1, -0.05) is 12.1 Å². The van der Waals surface area contributed by atoms with Crippen LogP contribution >= 0.6 is 12.4 Å². The van der Waals surface area contributed by atoms with Crippen LogP contribution in [0, 0.1) is 5.82 Å². The zero-order chi connectivity index (χ0) is 18.4. The van der Waals surface area contributed by atoms with Crippen molar-refractivity contribution in [1.29, 1.82) is 0 Å². The summed E-state index contributed by atoms with van der Waals surface area (Å²) in [5, 5.41) is 2.86. The molecule has 0 aliphatic carbocycles. The maximum absolute atomic E-state index is 14.1. The van der Waals surface area contributed by atoms with E-state index < -0.39 is 11.7 Å². The molecule has 3 N–H and O–H groups in total. The van der Waals surface area contributed by atoms with E-state index in [2.05, 4.69) is 5.32 Å². The summed E-state index contributed by atoms with van der Waals surface area (Å²) in [6.07, 6.45) is 2.27. The Morgan fingerprint density at radius 3 is 2.48 bits per heavy atom. The van der Waals surface area contributed by atoms with Crippen molar-refractivity contribution < 1.29 is 18.7 Å². The number of hydrogen-bond donors (Lipinski definition) is 2. The van der Waals surface area contributed by atoms with Crippen molar-refractivity contribution in [3.63, 3.8) is 0 Å². The number of ether oxygens (including phenoxy) is 2. The molecule has 27 heavy (non-hydrogen) atoms. The molecule has 0 radical (unpaired) electrons. The Bertz CT molecular complexity index is 749. The molecule has 0 atom stereocenters. The number of carbonyl (C=O) groups excluding carboxylic acids is 1. The van der Waals surface area contributed by atoms with Crippen molar-refractivity contribution in [2.45, 2.75) is 25.3 Å². The molecule has 0 spiro atoms. The number of rotatable bonds is 6. The summed E-state index contributed by atoms with van der Waals surface area (Å²) >= 11 is 0. The largest absolute Gasteiger partial charge is 0.457 e. The number of benzene rings is 2. The second kappa shape index (κ2) is 10.3. The molecule has 2 aromatic carbocycles. The first-order chi connectivity index (χ1) is 12.7. The van der Waals surface area contributed by atoms with Crippen LogP contribution in [0.15, 0.2) is 42.5 Å². The Balaban J connectivity index is 0.00000261. The summed E-state index contributed by atoms with van der Waals surface area (Å²) in [5.74, 6) is 0.0293. The van der Waals surface area contributed by atoms with Crippen molar-refractivity contribution in [3.8, 4) is 11.5 Å². The van der Waals surface area contributed by atoms with E-state index in [-0.39, 0.29) is 24.0 Å². The fourth-order valence-electron chi connectivity index (χ4n) is 2.87. The Labute approximate surface area is 164 Å². The lowest BCUT2D eigenvalue weighted by Gasteiger charge is -2.23. The molecule has 5 nitrogen and oxygen atoms in total. The van der Waals surface area contributed by atoms with Gasteiger partial charge in [0, 0.05) is 19.3 Å². The average Bonchev–Trinajstić information content (AvgIpc) is 2.66. The summed E-state index contributed by atoms with van der Waals surface area (Å²) in [5.41, 5.74) is 6.64. The Morgan fingerprint density at radius 2 is 1.81 bits per heavy atom. The van der Waals surface area contributed by atoms with Crippen LogP contribution in [0.5, 0.6) is 11.5 Å². The Morgan fingerprint density at radius 1 is 1.15 bits per heavy atom. The molecule has 1 aliphatic rings. The van der Waals surface area contributed by atoms with Gasteiger partial charge >= 0.3 is 0 Å². The Hall–Kier alpha value is -2.15. The van der Waals surface area contributed by atoms with Crippen LogP contribution in [-0.4, -0.2) is 31.7 Å². The van der Waals surface area contributed by atoms with Crippen LogP contribution < -0.4 is 15.8 Å². The summed E-state index contributed by atoms with van der Waals surface area (Å²) < 4.78 is 25.1. The second-order valence-corrected chi connectivity index (χ2v) is 6.29. The van der Waals surface area contributed by atoms with Gasteiger partial charge in [-0.15, -0.1) is 12.4 Å². The van der Waals surface area contributed by atoms with Crippen molar-refractivity contribution in [2.24, 2.45) is 5.73 Å². The van der Waals surface area contributed by atoms with Crippen LogP contribution in [-0.2, 0) is 11.2 Å². The lowest BCUT2D eigenvalue weighted by molar-refractivity contribution is 0.0694. The number of carbonyl (C=O) groups is 1.